The molecule has 0 aliphatic heterocycles. The van der Waals surface area contributed by atoms with Crippen molar-refractivity contribution < 1.29 is 0 Å². The summed E-state index contributed by atoms with van der Waals surface area (Å²) < 4.78 is 0. The molecule has 1 heterocycles. The summed E-state index contributed by atoms with van der Waals surface area (Å²) in [5, 5.41) is 3.28. The normalized spacial score (nSPS) is 10.7. The van der Waals surface area contributed by atoms with Crippen LogP contribution in [0.15, 0.2) is 6.33 Å². The number of rotatable bonds is 7. The summed E-state index contributed by atoms with van der Waals surface area (Å²) in [6.07, 6.45) is 2.67. The predicted octanol–water partition coefficient (Wildman–Crippen LogP) is 2.36. The van der Waals surface area contributed by atoms with Gasteiger partial charge >= 0.3 is 0 Å². The predicted molar refractivity (Wildman–Crippen MR) is 78.0 cm³/mol. The van der Waals surface area contributed by atoms with Crippen molar-refractivity contribution in [1.29, 1.82) is 0 Å². The third kappa shape index (κ3) is 3.75. The largest absolute Gasteiger partial charge is 0.393 e. The Kier molecular flexibility index (Phi) is 5.68. The van der Waals surface area contributed by atoms with Crippen molar-refractivity contribution in [3.63, 3.8) is 0 Å². The van der Waals surface area contributed by atoms with Gasteiger partial charge in [-0.1, -0.05) is 13.8 Å². The zero-order chi connectivity index (χ0) is 13.5. The van der Waals surface area contributed by atoms with E-state index in [0.717, 1.165) is 37.7 Å². The van der Waals surface area contributed by atoms with Gasteiger partial charge in [-0.25, -0.2) is 9.97 Å². The van der Waals surface area contributed by atoms with Gasteiger partial charge in [-0.2, -0.15) is 0 Å². The molecule has 1 aromatic heterocycles. The second-order valence-electron chi connectivity index (χ2n) is 4.74. The lowest BCUT2D eigenvalue weighted by atomic mass is 10.1. The van der Waals surface area contributed by atoms with Crippen LogP contribution < -0.4 is 16.0 Å². The molecule has 0 amide bonds. The summed E-state index contributed by atoms with van der Waals surface area (Å²) >= 11 is 0. The Morgan fingerprint density at radius 1 is 1.28 bits per heavy atom. The second kappa shape index (κ2) is 7.03. The molecule has 18 heavy (non-hydrogen) atoms. The van der Waals surface area contributed by atoms with Gasteiger partial charge in [0, 0.05) is 19.6 Å². The minimum Gasteiger partial charge on any atom is -0.393 e. The molecule has 0 atom stereocenters. The van der Waals surface area contributed by atoms with Crippen molar-refractivity contribution in [2.75, 3.05) is 35.6 Å². The van der Waals surface area contributed by atoms with Crippen LogP contribution in [0.25, 0.3) is 0 Å². The fraction of sp³-hybridized carbons (Fsp3) is 0.692. The van der Waals surface area contributed by atoms with Gasteiger partial charge < -0.3 is 16.0 Å². The van der Waals surface area contributed by atoms with Gasteiger partial charge in [0.1, 0.15) is 12.0 Å². The van der Waals surface area contributed by atoms with Crippen molar-refractivity contribution in [3.8, 4) is 0 Å². The molecule has 0 aromatic carbocycles. The monoisotopic (exact) mass is 251 g/mol. The van der Waals surface area contributed by atoms with Crippen LogP contribution in [-0.2, 0) is 0 Å². The molecule has 0 fully saturated rings. The fourth-order valence-electron chi connectivity index (χ4n) is 1.78. The first-order chi connectivity index (χ1) is 8.60. The van der Waals surface area contributed by atoms with E-state index in [1.807, 2.05) is 0 Å². The lowest BCUT2D eigenvalue weighted by Crippen LogP contribution is -2.25. The van der Waals surface area contributed by atoms with E-state index in [9.17, 15) is 0 Å². The van der Waals surface area contributed by atoms with Crippen LogP contribution in [0.3, 0.4) is 0 Å². The zero-order valence-corrected chi connectivity index (χ0v) is 11.9. The topological polar surface area (TPSA) is 67.1 Å². The van der Waals surface area contributed by atoms with Crippen LogP contribution in [0.5, 0.6) is 0 Å². The van der Waals surface area contributed by atoms with Crippen LogP contribution in [-0.4, -0.2) is 29.6 Å². The van der Waals surface area contributed by atoms with Gasteiger partial charge in [0.25, 0.3) is 0 Å². The number of aromatic nitrogens is 2. The van der Waals surface area contributed by atoms with E-state index in [2.05, 4.69) is 47.9 Å². The number of hydrogen-bond donors (Lipinski definition) is 2. The van der Waals surface area contributed by atoms with Gasteiger partial charge in [0.15, 0.2) is 11.6 Å². The molecular weight excluding hydrogens is 226 g/mol. The van der Waals surface area contributed by atoms with Crippen molar-refractivity contribution in [2.24, 2.45) is 5.92 Å². The molecule has 3 N–H and O–H groups in total. The van der Waals surface area contributed by atoms with E-state index in [1.54, 1.807) is 6.33 Å². The van der Waals surface area contributed by atoms with Gasteiger partial charge in [-0.05, 0) is 26.2 Å². The van der Waals surface area contributed by atoms with Gasteiger partial charge in [0.05, 0.1) is 0 Å². The molecule has 0 bridgehead atoms. The number of anilines is 3. The van der Waals surface area contributed by atoms with Gasteiger partial charge in [-0.15, -0.1) is 0 Å². The van der Waals surface area contributed by atoms with Crippen molar-refractivity contribution in [1.82, 2.24) is 9.97 Å². The average molecular weight is 251 g/mol. The maximum absolute atomic E-state index is 6.12. The van der Waals surface area contributed by atoms with E-state index in [-0.39, 0.29) is 0 Å². The molecule has 5 heteroatoms. The number of nitrogens with two attached hydrogens (primary N) is 1. The summed E-state index contributed by atoms with van der Waals surface area (Å²) in [4.78, 5) is 10.6. The standard InChI is InChI=1S/C13H25N5/c1-5-18(6-2)13-11(14)12(16-9-17-13)15-8-7-10(3)4/h9-10H,5-8,14H2,1-4H3,(H,15,16,17). The number of nitrogens with one attached hydrogen (secondary N) is 1. The van der Waals surface area contributed by atoms with Crippen LogP contribution >= 0.6 is 0 Å². The van der Waals surface area contributed by atoms with Crippen LogP contribution in [0.1, 0.15) is 34.1 Å². The van der Waals surface area contributed by atoms with E-state index in [1.165, 1.54) is 0 Å². The maximum atomic E-state index is 6.12. The summed E-state index contributed by atoms with van der Waals surface area (Å²) in [7, 11) is 0. The fourth-order valence-corrected chi connectivity index (χ4v) is 1.78. The third-order valence-electron chi connectivity index (χ3n) is 2.94. The molecule has 1 aromatic rings. The smallest absolute Gasteiger partial charge is 0.157 e. The molecule has 1 rings (SSSR count). The number of hydrogen-bond acceptors (Lipinski definition) is 5. The highest BCUT2D eigenvalue weighted by molar-refractivity contribution is 5.74. The molecule has 0 radical (unpaired) electrons. The van der Waals surface area contributed by atoms with E-state index in [0.29, 0.717) is 11.6 Å². The van der Waals surface area contributed by atoms with E-state index < -0.39 is 0 Å². The Hall–Kier alpha value is -1.52. The summed E-state index contributed by atoms with van der Waals surface area (Å²) in [6, 6.07) is 0. The second-order valence-corrected chi connectivity index (χ2v) is 4.74. The molecule has 0 saturated heterocycles. The summed E-state index contributed by atoms with van der Waals surface area (Å²) in [6.45, 7) is 11.3. The Labute approximate surface area is 110 Å². The first-order valence-electron chi connectivity index (χ1n) is 6.69. The molecule has 0 aliphatic carbocycles. The SMILES string of the molecule is CCN(CC)c1ncnc(NCCC(C)C)c1N. The zero-order valence-electron chi connectivity index (χ0n) is 11.9. The number of nitrogens with zero attached hydrogens (tertiary/aromatic N) is 3. The molecule has 102 valence electrons. The lowest BCUT2D eigenvalue weighted by molar-refractivity contribution is 0.606. The quantitative estimate of drug-likeness (QED) is 0.778. The summed E-state index contributed by atoms with van der Waals surface area (Å²) in [5.41, 5.74) is 6.77. The third-order valence-corrected chi connectivity index (χ3v) is 2.94. The molecule has 0 aliphatic rings. The van der Waals surface area contributed by atoms with Gasteiger partial charge in [0.2, 0.25) is 0 Å². The molecule has 0 saturated carbocycles. The number of nitrogen functional groups attached to an aromatic ring is 1. The Bertz CT molecular complexity index is 360. The lowest BCUT2D eigenvalue weighted by Gasteiger charge is -2.22. The highest BCUT2D eigenvalue weighted by atomic mass is 15.2. The Morgan fingerprint density at radius 3 is 2.50 bits per heavy atom. The van der Waals surface area contributed by atoms with Crippen molar-refractivity contribution in [3.05, 3.63) is 6.33 Å². The molecule has 0 spiro atoms. The first-order valence-corrected chi connectivity index (χ1v) is 6.69. The minimum absolute atomic E-state index is 0.643. The molecule has 5 nitrogen and oxygen atoms in total. The van der Waals surface area contributed by atoms with Crippen molar-refractivity contribution >= 4 is 17.3 Å². The minimum atomic E-state index is 0.643. The van der Waals surface area contributed by atoms with Crippen molar-refractivity contribution in [2.45, 2.75) is 34.1 Å². The highest BCUT2D eigenvalue weighted by Crippen LogP contribution is 2.25. The Balaban J connectivity index is 2.78. The Morgan fingerprint density at radius 2 is 1.94 bits per heavy atom. The summed E-state index contributed by atoms with van der Waals surface area (Å²) in [5.74, 6) is 2.23. The van der Waals surface area contributed by atoms with Crippen LogP contribution in [0, 0.1) is 5.92 Å². The molecule has 0 unspecified atom stereocenters. The highest BCUT2D eigenvalue weighted by Gasteiger charge is 2.12. The van der Waals surface area contributed by atoms with Crippen LogP contribution in [0.4, 0.5) is 17.3 Å². The average Bonchev–Trinajstić information content (AvgIpc) is 2.34. The maximum Gasteiger partial charge on any atom is 0.157 e. The van der Waals surface area contributed by atoms with Crippen LogP contribution in [0.2, 0.25) is 0 Å². The molecular formula is C13H25N5. The van der Waals surface area contributed by atoms with E-state index >= 15 is 0 Å². The van der Waals surface area contributed by atoms with E-state index in [4.69, 9.17) is 5.73 Å². The first kappa shape index (κ1) is 14.5. The van der Waals surface area contributed by atoms with Gasteiger partial charge in [-0.3, -0.25) is 0 Å².